The summed E-state index contributed by atoms with van der Waals surface area (Å²) in [4.78, 5) is 10.8. The first-order valence-corrected chi connectivity index (χ1v) is 3.40. The predicted octanol–water partition coefficient (Wildman–Crippen LogP) is 1.01. The van der Waals surface area contributed by atoms with Crippen LogP contribution in [0.2, 0.25) is 0 Å². The first-order chi connectivity index (χ1) is 4.83. The number of rotatable bonds is 2. The summed E-state index contributed by atoms with van der Waals surface area (Å²) in [5.74, 6) is 0.106. The van der Waals surface area contributed by atoms with Gasteiger partial charge in [0.1, 0.15) is 0 Å². The van der Waals surface area contributed by atoms with Crippen molar-refractivity contribution in [3.05, 3.63) is 24.8 Å². The minimum absolute atomic E-state index is 0.106. The summed E-state index contributed by atoms with van der Waals surface area (Å²) in [7, 11) is 0. The molecule has 10 heavy (non-hydrogen) atoms. The molecule has 2 heteroatoms. The van der Waals surface area contributed by atoms with Crippen LogP contribution < -0.4 is 5.32 Å². The molecule has 2 nitrogen and oxygen atoms in total. The lowest BCUT2D eigenvalue weighted by molar-refractivity contribution is -0.121. The third-order valence-corrected chi connectivity index (χ3v) is 1.44. The van der Waals surface area contributed by atoms with E-state index in [1.807, 2.05) is 12.2 Å². The van der Waals surface area contributed by atoms with Gasteiger partial charge in [0.2, 0.25) is 5.91 Å². The van der Waals surface area contributed by atoms with Crippen LogP contribution in [-0.2, 0) is 4.79 Å². The summed E-state index contributed by atoms with van der Waals surface area (Å²) in [5, 5.41) is 2.82. The zero-order valence-electron chi connectivity index (χ0n) is 5.84. The van der Waals surface area contributed by atoms with E-state index in [4.69, 9.17) is 0 Å². The van der Waals surface area contributed by atoms with Crippen LogP contribution in [0.4, 0.5) is 0 Å². The largest absolute Gasteiger partial charge is 0.349 e. The fourth-order valence-electron chi connectivity index (χ4n) is 0.970. The first kappa shape index (κ1) is 7.06. The van der Waals surface area contributed by atoms with Gasteiger partial charge in [-0.15, -0.1) is 6.58 Å². The van der Waals surface area contributed by atoms with Crippen molar-refractivity contribution >= 4 is 5.91 Å². The highest BCUT2D eigenvalue weighted by molar-refractivity contribution is 5.79. The standard InChI is InChI=1S/C8H11NO/c1-2-4-7-5-3-6-8(10)9-7/h2-3,5,7H,1,4,6H2,(H,9,10)/t7-/m0/s1. The van der Waals surface area contributed by atoms with Crippen molar-refractivity contribution < 1.29 is 4.79 Å². The number of carbonyl (C=O) groups is 1. The Morgan fingerprint density at radius 2 is 2.70 bits per heavy atom. The smallest absolute Gasteiger partial charge is 0.224 e. The van der Waals surface area contributed by atoms with Gasteiger partial charge in [-0.2, -0.15) is 0 Å². The van der Waals surface area contributed by atoms with Gasteiger partial charge in [-0.25, -0.2) is 0 Å². The van der Waals surface area contributed by atoms with E-state index >= 15 is 0 Å². The van der Waals surface area contributed by atoms with Gasteiger partial charge in [-0.3, -0.25) is 4.79 Å². The first-order valence-electron chi connectivity index (χ1n) is 3.40. The normalized spacial score (nSPS) is 24.0. The topological polar surface area (TPSA) is 29.1 Å². The molecule has 0 saturated carbocycles. The predicted molar refractivity (Wildman–Crippen MR) is 40.5 cm³/mol. The highest BCUT2D eigenvalue weighted by Gasteiger charge is 2.09. The lowest BCUT2D eigenvalue weighted by Gasteiger charge is -2.15. The third kappa shape index (κ3) is 1.72. The van der Waals surface area contributed by atoms with E-state index < -0.39 is 0 Å². The van der Waals surface area contributed by atoms with Crippen LogP contribution in [0.3, 0.4) is 0 Å². The maximum absolute atomic E-state index is 10.8. The molecule has 1 aliphatic heterocycles. The highest BCUT2D eigenvalue weighted by atomic mass is 16.1. The second-order valence-electron chi connectivity index (χ2n) is 2.33. The molecule has 0 radical (unpaired) electrons. The van der Waals surface area contributed by atoms with Crippen molar-refractivity contribution in [2.75, 3.05) is 0 Å². The van der Waals surface area contributed by atoms with Crippen molar-refractivity contribution in [2.24, 2.45) is 0 Å². The van der Waals surface area contributed by atoms with Crippen molar-refractivity contribution in [3.8, 4) is 0 Å². The Labute approximate surface area is 60.6 Å². The fourth-order valence-corrected chi connectivity index (χ4v) is 0.970. The lowest BCUT2D eigenvalue weighted by Crippen LogP contribution is -2.35. The molecule has 1 amide bonds. The summed E-state index contributed by atoms with van der Waals surface area (Å²) in [6.07, 6.45) is 7.05. The lowest BCUT2D eigenvalue weighted by atomic mass is 10.1. The SMILES string of the molecule is C=CC[C@H]1C=CCC(=O)N1. The molecule has 0 saturated heterocycles. The molecule has 0 bridgehead atoms. The van der Waals surface area contributed by atoms with E-state index in [-0.39, 0.29) is 11.9 Å². The maximum atomic E-state index is 10.8. The van der Waals surface area contributed by atoms with E-state index in [1.165, 1.54) is 0 Å². The molecule has 1 rings (SSSR count). The molecule has 0 aromatic carbocycles. The van der Waals surface area contributed by atoms with Crippen LogP contribution >= 0.6 is 0 Å². The zero-order chi connectivity index (χ0) is 7.40. The van der Waals surface area contributed by atoms with Gasteiger partial charge in [0.25, 0.3) is 0 Å². The van der Waals surface area contributed by atoms with Crippen LogP contribution in [0.25, 0.3) is 0 Å². The molecule has 54 valence electrons. The van der Waals surface area contributed by atoms with E-state index in [0.717, 1.165) is 6.42 Å². The summed E-state index contributed by atoms with van der Waals surface area (Å²) in [6, 6.07) is 0.179. The molecule has 0 unspecified atom stereocenters. The Hall–Kier alpha value is -1.05. The van der Waals surface area contributed by atoms with E-state index in [1.54, 1.807) is 6.08 Å². The van der Waals surface area contributed by atoms with Gasteiger partial charge >= 0.3 is 0 Å². The minimum Gasteiger partial charge on any atom is -0.349 e. The summed E-state index contributed by atoms with van der Waals surface area (Å²) in [6.45, 7) is 3.59. The molecule has 0 aromatic rings. The van der Waals surface area contributed by atoms with E-state index in [2.05, 4.69) is 11.9 Å². The van der Waals surface area contributed by atoms with Crippen LogP contribution in [0.15, 0.2) is 24.8 Å². The Morgan fingerprint density at radius 1 is 1.90 bits per heavy atom. The average Bonchev–Trinajstić information content (AvgIpc) is 1.88. The number of amides is 1. The van der Waals surface area contributed by atoms with Crippen molar-refractivity contribution in [1.82, 2.24) is 5.32 Å². The van der Waals surface area contributed by atoms with Gasteiger partial charge in [-0.1, -0.05) is 18.2 Å². The monoisotopic (exact) mass is 137 g/mol. The van der Waals surface area contributed by atoms with Gasteiger partial charge in [-0.05, 0) is 6.42 Å². The Morgan fingerprint density at radius 3 is 3.30 bits per heavy atom. The highest BCUT2D eigenvalue weighted by Crippen LogP contribution is 2.02. The summed E-state index contributed by atoms with van der Waals surface area (Å²) >= 11 is 0. The van der Waals surface area contributed by atoms with Crippen LogP contribution in [0.1, 0.15) is 12.8 Å². The minimum atomic E-state index is 0.106. The average molecular weight is 137 g/mol. The van der Waals surface area contributed by atoms with Crippen LogP contribution in [0.5, 0.6) is 0 Å². The third-order valence-electron chi connectivity index (χ3n) is 1.44. The molecule has 0 aliphatic carbocycles. The summed E-state index contributed by atoms with van der Waals surface area (Å²) < 4.78 is 0. The maximum Gasteiger partial charge on any atom is 0.224 e. The molecule has 1 N–H and O–H groups in total. The van der Waals surface area contributed by atoms with Gasteiger partial charge in [0.15, 0.2) is 0 Å². The Bertz CT molecular complexity index is 172. The number of nitrogens with one attached hydrogen (secondary N) is 1. The number of carbonyl (C=O) groups excluding carboxylic acids is 1. The van der Waals surface area contributed by atoms with Gasteiger partial charge in [0.05, 0.1) is 6.04 Å². The van der Waals surface area contributed by atoms with Gasteiger partial charge < -0.3 is 5.32 Å². The van der Waals surface area contributed by atoms with Crippen molar-refractivity contribution in [2.45, 2.75) is 18.9 Å². The Kier molecular flexibility index (Phi) is 2.26. The van der Waals surface area contributed by atoms with Crippen molar-refractivity contribution in [3.63, 3.8) is 0 Å². The quantitative estimate of drug-likeness (QED) is 0.565. The molecule has 1 atom stereocenters. The second-order valence-corrected chi connectivity index (χ2v) is 2.33. The molecule has 0 fully saturated rings. The second kappa shape index (κ2) is 3.20. The molecular formula is C8H11NO. The number of hydrogen-bond donors (Lipinski definition) is 1. The van der Waals surface area contributed by atoms with E-state index in [9.17, 15) is 4.79 Å². The van der Waals surface area contributed by atoms with Crippen LogP contribution in [-0.4, -0.2) is 11.9 Å². The number of hydrogen-bond acceptors (Lipinski definition) is 1. The summed E-state index contributed by atoms with van der Waals surface area (Å²) in [5.41, 5.74) is 0. The fraction of sp³-hybridized carbons (Fsp3) is 0.375. The molecular weight excluding hydrogens is 126 g/mol. The van der Waals surface area contributed by atoms with E-state index in [0.29, 0.717) is 6.42 Å². The molecule has 1 aliphatic rings. The Balaban J connectivity index is 2.46. The zero-order valence-corrected chi connectivity index (χ0v) is 5.84. The van der Waals surface area contributed by atoms with Gasteiger partial charge in [0, 0.05) is 6.42 Å². The van der Waals surface area contributed by atoms with Crippen LogP contribution in [0, 0.1) is 0 Å². The molecule has 1 heterocycles. The molecule has 0 spiro atoms. The molecule has 0 aromatic heterocycles. The van der Waals surface area contributed by atoms with Crippen molar-refractivity contribution in [1.29, 1.82) is 0 Å².